The van der Waals surface area contributed by atoms with E-state index in [1.165, 1.54) is 7.11 Å². The van der Waals surface area contributed by atoms with Gasteiger partial charge >= 0.3 is 0 Å². The number of methoxy groups -OCH3 is 1. The number of benzene rings is 1. The van der Waals surface area contributed by atoms with Crippen LogP contribution in [-0.4, -0.2) is 41.4 Å². The van der Waals surface area contributed by atoms with Crippen LogP contribution in [0.4, 0.5) is 11.4 Å². The highest BCUT2D eigenvalue weighted by atomic mass is 32.2. The molecule has 2 N–H and O–H groups in total. The van der Waals surface area contributed by atoms with Crippen molar-refractivity contribution in [3.63, 3.8) is 0 Å². The van der Waals surface area contributed by atoms with Gasteiger partial charge in [0.25, 0.3) is 0 Å². The molecular weight excluding hydrogens is 508 g/mol. The van der Waals surface area contributed by atoms with Crippen LogP contribution >= 0.6 is 12.2 Å². The summed E-state index contributed by atoms with van der Waals surface area (Å²) in [6, 6.07) is 18.5. The molecule has 37 heavy (non-hydrogen) atoms. The number of rotatable bonds is 7. The van der Waals surface area contributed by atoms with Crippen LogP contribution in [0.1, 0.15) is 29.2 Å². The Kier molecular flexibility index (Phi) is 6.57. The Morgan fingerprint density at radius 3 is 2.57 bits per heavy atom. The summed E-state index contributed by atoms with van der Waals surface area (Å²) in [5.41, 5.74) is 4.79. The molecule has 0 radical (unpaired) electrons. The van der Waals surface area contributed by atoms with Crippen LogP contribution in [0.2, 0.25) is 0 Å². The van der Waals surface area contributed by atoms with Gasteiger partial charge in [0, 0.05) is 29.5 Å². The van der Waals surface area contributed by atoms with Crippen LogP contribution in [-0.2, 0) is 10.0 Å². The van der Waals surface area contributed by atoms with Gasteiger partial charge in [0.05, 0.1) is 42.7 Å². The van der Waals surface area contributed by atoms with Gasteiger partial charge in [0.2, 0.25) is 10.0 Å². The number of ether oxygens (including phenoxy) is 1. The Labute approximate surface area is 221 Å². The molecule has 2 atom stereocenters. The van der Waals surface area contributed by atoms with Crippen molar-refractivity contribution < 1.29 is 13.2 Å². The minimum Gasteiger partial charge on any atom is -0.495 e. The zero-order chi connectivity index (χ0) is 26.2. The van der Waals surface area contributed by atoms with Crippen molar-refractivity contribution in [3.05, 3.63) is 96.3 Å². The Morgan fingerprint density at radius 1 is 1.05 bits per heavy atom. The van der Waals surface area contributed by atoms with Crippen molar-refractivity contribution in [3.8, 4) is 11.4 Å². The lowest BCUT2D eigenvalue weighted by Crippen LogP contribution is -2.30. The zero-order valence-corrected chi connectivity index (χ0v) is 22.1. The molecule has 3 aromatic heterocycles. The van der Waals surface area contributed by atoms with Gasteiger partial charge in [-0.2, -0.15) is 0 Å². The molecule has 9 nitrogen and oxygen atoms in total. The highest BCUT2D eigenvalue weighted by molar-refractivity contribution is 7.92. The van der Waals surface area contributed by atoms with Crippen LogP contribution in [0.25, 0.3) is 5.69 Å². The summed E-state index contributed by atoms with van der Waals surface area (Å²) in [6.07, 6.45) is 6.42. The maximum Gasteiger partial charge on any atom is 0.229 e. The van der Waals surface area contributed by atoms with Crippen molar-refractivity contribution in [1.29, 1.82) is 0 Å². The predicted molar refractivity (Wildman–Crippen MR) is 148 cm³/mol. The van der Waals surface area contributed by atoms with E-state index in [0.717, 1.165) is 29.0 Å². The number of hydrogen-bond acceptors (Lipinski definition) is 6. The predicted octanol–water partition coefficient (Wildman–Crippen LogP) is 4.13. The topological polar surface area (TPSA) is 101 Å². The molecule has 1 fully saturated rings. The SMILES string of the molecule is COc1ccc(N2C(=S)N[C@@H](c3ccccn3)[C@@H]2c2ccc(C)n2-c2cccnc2)cc1NS(C)(=O)=O. The Hall–Kier alpha value is -3.96. The lowest BCUT2D eigenvalue weighted by atomic mass is 10.0. The molecule has 0 unspecified atom stereocenters. The molecule has 4 heterocycles. The number of nitrogens with zero attached hydrogens (tertiary/aromatic N) is 4. The third kappa shape index (κ3) is 4.87. The fraction of sp³-hybridized carbons (Fsp3) is 0.192. The summed E-state index contributed by atoms with van der Waals surface area (Å²) in [4.78, 5) is 10.9. The lowest BCUT2D eigenvalue weighted by Gasteiger charge is -2.29. The molecule has 0 spiro atoms. The van der Waals surface area contributed by atoms with E-state index in [4.69, 9.17) is 17.0 Å². The maximum absolute atomic E-state index is 12.1. The second-order valence-corrected chi connectivity index (χ2v) is 10.8. The van der Waals surface area contributed by atoms with Crippen molar-refractivity contribution in [2.45, 2.75) is 19.0 Å². The number of nitrogens with one attached hydrogen (secondary N) is 2. The smallest absolute Gasteiger partial charge is 0.229 e. The van der Waals surface area contributed by atoms with Gasteiger partial charge in [-0.3, -0.25) is 14.7 Å². The summed E-state index contributed by atoms with van der Waals surface area (Å²) in [7, 11) is -2.05. The van der Waals surface area contributed by atoms with Crippen LogP contribution in [0.3, 0.4) is 0 Å². The average molecular weight is 535 g/mol. The molecule has 0 amide bonds. The number of aryl methyl sites for hydroxylation is 1. The van der Waals surface area contributed by atoms with Crippen molar-refractivity contribution >= 4 is 38.7 Å². The van der Waals surface area contributed by atoms with Crippen molar-refractivity contribution in [2.24, 2.45) is 0 Å². The molecular formula is C26H26N6O3S2. The Bertz CT molecular complexity index is 1540. The monoisotopic (exact) mass is 534 g/mol. The average Bonchev–Trinajstić information content (AvgIpc) is 3.43. The number of anilines is 2. The van der Waals surface area contributed by atoms with E-state index in [9.17, 15) is 8.42 Å². The normalized spacial score (nSPS) is 17.5. The summed E-state index contributed by atoms with van der Waals surface area (Å²) in [5.74, 6) is 0.402. The van der Waals surface area contributed by atoms with Gasteiger partial charge in [0.15, 0.2) is 5.11 Å². The van der Waals surface area contributed by atoms with E-state index < -0.39 is 10.0 Å². The second kappa shape index (κ2) is 9.83. The third-order valence-electron chi connectivity index (χ3n) is 6.17. The summed E-state index contributed by atoms with van der Waals surface area (Å²) in [6.45, 7) is 2.04. The fourth-order valence-corrected chi connectivity index (χ4v) is 5.59. The standard InChI is InChI=1S/C26H26N6O3S2/c1-17-9-11-22(31(17)19-7-6-13-27-16-19)25-24(20-8-4-5-14-28-20)29-26(36)32(25)18-10-12-23(35-2)21(15-18)30-37(3,33)34/h4-16,24-25,30H,1-3H3,(H,29,36)/t24-,25-/m0/s1. The van der Waals surface area contributed by atoms with E-state index in [0.29, 0.717) is 22.2 Å². The first-order chi connectivity index (χ1) is 17.8. The molecule has 0 bridgehead atoms. The number of thiocarbonyl (C=S) groups is 1. The molecule has 1 aromatic carbocycles. The summed E-state index contributed by atoms with van der Waals surface area (Å²) < 4.78 is 34.2. The Balaban J connectivity index is 1.69. The van der Waals surface area contributed by atoms with Crippen LogP contribution in [0.15, 0.2) is 79.3 Å². The quantitative estimate of drug-likeness (QED) is 0.341. The highest BCUT2D eigenvalue weighted by Crippen LogP contribution is 2.44. The van der Waals surface area contributed by atoms with Crippen molar-refractivity contribution in [1.82, 2.24) is 19.9 Å². The molecule has 190 valence electrons. The van der Waals surface area contributed by atoms with Gasteiger partial charge in [-0.25, -0.2) is 8.42 Å². The zero-order valence-electron chi connectivity index (χ0n) is 20.5. The third-order valence-corrected chi connectivity index (χ3v) is 7.07. The molecule has 5 rings (SSSR count). The molecule has 0 saturated carbocycles. The summed E-state index contributed by atoms with van der Waals surface area (Å²) in [5, 5.41) is 3.94. The van der Waals surface area contributed by atoms with E-state index >= 15 is 0 Å². The summed E-state index contributed by atoms with van der Waals surface area (Å²) >= 11 is 5.85. The number of sulfonamides is 1. The molecule has 1 aliphatic rings. The van der Waals surface area contributed by atoms with Crippen LogP contribution in [0.5, 0.6) is 5.75 Å². The number of pyridine rings is 2. The van der Waals surface area contributed by atoms with E-state index in [-0.39, 0.29) is 12.1 Å². The minimum atomic E-state index is -3.54. The molecule has 4 aromatic rings. The largest absolute Gasteiger partial charge is 0.495 e. The maximum atomic E-state index is 12.1. The van der Waals surface area contributed by atoms with Gasteiger partial charge in [-0.15, -0.1) is 0 Å². The van der Waals surface area contributed by atoms with Gasteiger partial charge < -0.3 is 19.5 Å². The second-order valence-electron chi connectivity index (χ2n) is 8.70. The Morgan fingerprint density at radius 2 is 1.89 bits per heavy atom. The van der Waals surface area contributed by atoms with Crippen LogP contribution in [0, 0.1) is 6.92 Å². The lowest BCUT2D eigenvalue weighted by molar-refractivity contribution is 0.417. The number of hydrogen-bond donors (Lipinski definition) is 2. The first kappa shape index (κ1) is 24.7. The van der Waals surface area contributed by atoms with E-state index in [1.807, 2.05) is 54.4 Å². The number of aromatic nitrogens is 3. The first-order valence-corrected chi connectivity index (χ1v) is 13.8. The molecule has 1 aliphatic heterocycles. The minimum absolute atomic E-state index is 0.271. The van der Waals surface area contributed by atoms with Gasteiger partial charge in [-0.05, 0) is 73.7 Å². The molecule has 1 saturated heterocycles. The fourth-order valence-electron chi connectivity index (χ4n) is 4.69. The van der Waals surface area contributed by atoms with E-state index in [2.05, 4.69) is 36.7 Å². The first-order valence-electron chi connectivity index (χ1n) is 11.5. The highest BCUT2D eigenvalue weighted by Gasteiger charge is 2.42. The molecule has 11 heteroatoms. The van der Waals surface area contributed by atoms with Crippen molar-refractivity contribution in [2.75, 3.05) is 23.0 Å². The van der Waals surface area contributed by atoms with Crippen LogP contribution < -0.4 is 19.7 Å². The van der Waals surface area contributed by atoms with Gasteiger partial charge in [0.1, 0.15) is 11.8 Å². The molecule has 0 aliphatic carbocycles. The van der Waals surface area contributed by atoms with E-state index in [1.54, 1.807) is 24.5 Å². The van der Waals surface area contributed by atoms with Gasteiger partial charge in [-0.1, -0.05) is 6.07 Å².